The number of fused-ring (bicyclic) bond motifs is 2. The highest BCUT2D eigenvalue weighted by Crippen LogP contribution is 2.32. The molecule has 3 N–H and O–H groups in total. The van der Waals surface area contributed by atoms with E-state index < -0.39 is 0 Å². The van der Waals surface area contributed by atoms with Gasteiger partial charge in [-0.05, 0) is 19.3 Å². The third kappa shape index (κ3) is 0.501. The van der Waals surface area contributed by atoms with E-state index in [1.807, 2.05) is 0 Å². The summed E-state index contributed by atoms with van der Waals surface area (Å²) in [6.45, 7) is 1.05. The molecule has 0 spiro atoms. The average molecular weight is 112 g/mol. The van der Waals surface area contributed by atoms with Crippen molar-refractivity contribution in [2.45, 2.75) is 30.8 Å². The minimum Gasteiger partial charge on any atom is -0.324 e. The molecule has 1 saturated heterocycles. The molecule has 2 heteroatoms. The molecule has 8 heavy (non-hydrogen) atoms. The summed E-state index contributed by atoms with van der Waals surface area (Å²) in [5, 5.41) is 3.37. The molecule has 2 fully saturated rings. The molecule has 2 aliphatic rings. The first-order chi connectivity index (χ1) is 3.79. The van der Waals surface area contributed by atoms with Crippen LogP contribution in [0.15, 0.2) is 0 Å². The lowest BCUT2D eigenvalue weighted by atomic mass is 10.0. The predicted molar refractivity (Wildman–Crippen MR) is 32.6 cm³/mol. The summed E-state index contributed by atoms with van der Waals surface area (Å²) in [6, 6.07) is 0.764. The first-order valence-corrected chi connectivity index (χ1v) is 3.31. The van der Waals surface area contributed by atoms with Crippen LogP contribution in [0.4, 0.5) is 0 Å². The highest BCUT2D eigenvalue weighted by molar-refractivity contribution is 5.04. The highest BCUT2D eigenvalue weighted by atomic mass is 15.1. The molecule has 0 amide bonds. The van der Waals surface area contributed by atoms with Crippen molar-refractivity contribution in [1.29, 1.82) is 0 Å². The van der Waals surface area contributed by atoms with Crippen LogP contribution in [0.5, 0.6) is 0 Å². The van der Waals surface area contributed by atoms with Crippen molar-refractivity contribution in [2.75, 3.05) is 6.54 Å². The number of nitrogens with two attached hydrogens (primary N) is 1. The minimum atomic E-state index is 0.199. The minimum absolute atomic E-state index is 0.199. The van der Waals surface area contributed by atoms with Gasteiger partial charge in [0.05, 0.1) is 0 Å². The Bertz CT molecular complexity index is 103. The van der Waals surface area contributed by atoms with Gasteiger partial charge in [-0.1, -0.05) is 0 Å². The predicted octanol–water partition coefficient (Wildman–Crippen LogP) is -0.160. The number of nitrogens with one attached hydrogen (secondary N) is 1. The third-order valence-electron chi connectivity index (χ3n) is 2.39. The van der Waals surface area contributed by atoms with Gasteiger partial charge in [0.2, 0.25) is 0 Å². The number of piperidine rings is 1. The summed E-state index contributed by atoms with van der Waals surface area (Å²) in [7, 11) is 0. The Morgan fingerprint density at radius 1 is 1.62 bits per heavy atom. The monoisotopic (exact) mass is 112 g/mol. The summed E-state index contributed by atoms with van der Waals surface area (Å²) < 4.78 is 0. The van der Waals surface area contributed by atoms with E-state index in [0.717, 1.165) is 12.6 Å². The molecule has 1 aliphatic carbocycles. The fraction of sp³-hybridized carbons (Fsp3) is 1.00. The van der Waals surface area contributed by atoms with Crippen molar-refractivity contribution in [3.63, 3.8) is 0 Å². The maximum atomic E-state index is 5.94. The molecule has 0 aromatic rings. The Morgan fingerprint density at radius 2 is 2.50 bits per heavy atom. The standard InChI is InChI=1S/C6H12N2/c7-6-2-1-5(3-6)8-4-6/h5,8H,1-4,7H2. The van der Waals surface area contributed by atoms with E-state index in [1.54, 1.807) is 0 Å². The highest BCUT2D eigenvalue weighted by Gasteiger charge is 2.41. The van der Waals surface area contributed by atoms with Crippen LogP contribution in [0.3, 0.4) is 0 Å². The summed E-state index contributed by atoms with van der Waals surface area (Å²) >= 11 is 0. The second-order valence-corrected chi connectivity index (χ2v) is 3.18. The molecule has 0 radical (unpaired) electrons. The average Bonchev–Trinajstić information content (AvgIpc) is 2.21. The third-order valence-corrected chi connectivity index (χ3v) is 2.39. The Hall–Kier alpha value is -0.0800. The molecule has 2 atom stereocenters. The van der Waals surface area contributed by atoms with E-state index in [9.17, 15) is 0 Å². The Labute approximate surface area is 49.4 Å². The van der Waals surface area contributed by atoms with Gasteiger partial charge in [-0.15, -0.1) is 0 Å². The van der Waals surface area contributed by atoms with Crippen LogP contribution >= 0.6 is 0 Å². The van der Waals surface area contributed by atoms with Gasteiger partial charge < -0.3 is 11.1 Å². The van der Waals surface area contributed by atoms with Crippen molar-refractivity contribution in [2.24, 2.45) is 5.73 Å². The molecule has 1 saturated carbocycles. The van der Waals surface area contributed by atoms with E-state index in [2.05, 4.69) is 5.32 Å². The lowest BCUT2D eigenvalue weighted by Crippen LogP contribution is -2.42. The maximum absolute atomic E-state index is 5.94. The molecular weight excluding hydrogens is 100 g/mol. The Morgan fingerprint density at radius 3 is 2.62 bits per heavy atom. The molecule has 1 aliphatic heterocycles. The van der Waals surface area contributed by atoms with Gasteiger partial charge in [0, 0.05) is 18.1 Å². The van der Waals surface area contributed by atoms with Crippen LogP contribution in [-0.2, 0) is 0 Å². The van der Waals surface area contributed by atoms with Crippen molar-refractivity contribution < 1.29 is 0 Å². The first-order valence-electron chi connectivity index (χ1n) is 3.31. The summed E-state index contributed by atoms with van der Waals surface area (Å²) in [5.74, 6) is 0. The second-order valence-electron chi connectivity index (χ2n) is 3.18. The van der Waals surface area contributed by atoms with Crippen LogP contribution in [0.1, 0.15) is 19.3 Å². The quantitative estimate of drug-likeness (QED) is 0.457. The van der Waals surface area contributed by atoms with Crippen molar-refractivity contribution in [1.82, 2.24) is 5.32 Å². The molecular formula is C6H12N2. The van der Waals surface area contributed by atoms with E-state index in [-0.39, 0.29) is 5.54 Å². The molecule has 1 heterocycles. The maximum Gasteiger partial charge on any atom is 0.0296 e. The number of rotatable bonds is 0. The van der Waals surface area contributed by atoms with E-state index in [1.165, 1.54) is 19.3 Å². The summed E-state index contributed by atoms with van der Waals surface area (Å²) in [4.78, 5) is 0. The normalized spacial score (nSPS) is 52.9. The molecule has 2 unspecified atom stereocenters. The van der Waals surface area contributed by atoms with Crippen LogP contribution in [-0.4, -0.2) is 18.1 Å². The summed E-state index contributed by atoms with van der Waals surface area (Å²) in [6.07, 6.45) is 3.76. The van der Waals surface area contributed by atoms with Crippen LogP contribution in [0.2, 0.25) is 0 Å². The molecule has 0 aromatic carbocycles. The second kappa shape index (κ2) is 1.25. The molecule has 0 aromatic heterocycles. The zero-order chi connectivity index (χ0) is 5.61. The van der Waals surface area contributed by atoms with Crippen LogP contribution < -0.4 is 11.1 Å². The largest absolute Gasteiger partial charge is 0.324 e. The fourth-order valence-corrected chi connectivity index (χ4v) is 1.84. The van der Waals surface area contributed by atoms with Gasteiger partial charge in [0.1, 0.15) is 0 Å². The van der Waals surface area contributed by atoms with E-state index in [4.69, 9.17) is 5.73 Å². The molecule has 2 rings (SSSR count). The molecule has 2 nitrogen and oxygen atoms in total. The topological polar surface area (TPSA) is 38.0 Å². The first kappa shape index (κ1) is 4.77. The Kier molecular flexibility index (Phi) is 0.746. The van der Waals surface area contributed by atoms with E-state index >= 15 is 0 Å². The van der Waals surface area contributed by atoms with E-state index in [0.29, 0.717) is 0 Å². The molecule has 2 bridgehead atoms. The fourth-order valence-electron chi connectivity index (χ4n) is 1.84. The van der Waals surface area contributed by atoms with Gasteiger partial charge >= 0.3 is 0 Å². The van der Waals surface area contributed by atoms with Crippen molar-refractivity contribution in [3.05, 3.63) is 0 Å². The Balaban J connectivity index is 2.19. The SMILES string of the molecule is NC12CCC(C1)NC2. The number of hydrogen-bond donors (Lipinski definition) is 2. The number of hydrogen-bond acceptors (Lipinski definition) is 2. The summed E-state index contributed by atoms with van der Waals surface area (Å²) in [5.41, 5.74) is 6.14. The molecule has 46 valence electrons. The zero-order valence-electron chi connectivity index (χ0n) is 4.98. The van der Waals surface area contributed by atoms with Gasteiger partial charge in [0.15, 0.2) is 0 Å². The van der Waals surface area contributed by atoms with Gasteiger partial charge in [-0.25, -0.2) is 0 Å². The van der Waals surface area contributed by atoms with Crippen molar-refractivity contribution in [3.8, 4) is 0 Å². The lowest BCUT2D eigenvalue weighted by Gasteiger charge is -2.19. The zero-order valence-corrected chi connectivity index (χ0v) is 4.98. The van der Waals surface area contributed by atoms with Crippen LogP contribution in [0.25, 0.3) is 0 Å². The van der Waals surface area contributed by atoms with Gasteiger partial charge in [0.25, 0.3) is 0 Å². The van der Waals surface area contributed by atoms with Gasteiger partial charge in [-0.2, -0.15) is 0 Å². The lowest BCUT2D eigenvalue weighted by molar-refractivity contribution is 0.438. The van der Waals surface area contributed by atoms with Crippen molar-refractivity contribution >= 4 is 0 Å². The smallest absolute Gasteiger partial charge is 0.0296 e. The van der Waals surface area contributed by atoms with Gasteiger partial charge in [-0.3, -0.25) is 0 Å². The van der Waals surface area contributed by atoms with Crippen LogP contribution in [0, 0.1) is 0 Å².